The lowest BCUT2D eigenvalue weighted by molar-refractivity contribution is -0.170. The Hall–Kier alpha value is -2.10. The van der Waals surface area contributed by atoms with Gasteiger partial charge in [0.15, 0.2) is 0 Å². The van der Waals surface area contributed by atoms with Crippen LogP contribution in [0.5, 0.6) is 0 Å². The molecular formula is C23H29N3O. The Bertz CT molecular complexity index is 836. The van der Waals surface area contributed by atoms with Crippen molar-refractivity contribution in [3.8, 4) is 5.69 Å². The Morgan fingerprint density at radius 3 is 2.41 bits per heavy atom. The molecule has 1 amide bonds. The van der Waals surface area contributed by atoms with Gasteiger partial charge in [-0.15, -0.1) is 0 Å². The van der Waals surface area contributed by atoms with Gasteiger partial charge in [-0.2, -0.15) is 5.10 Å². The fourth-order valence-electron chi connectivity index (χ4n) is 7.26. The first kappa shape index (κ1) is 17.0. The van der Waals surface area contributed by atoms with Crippen molar-refractivity contribution in [3.63, 3.8) is 0 Å². The lowest BCUT2D eigenvalue weighted by Gasteiger charge is -2.64. The van der Waals surface area contributed by atoms with Crippen LogP contribution in [0.1, 0.15) is 57.9 Å². The van der Waals surface area contributed by atoms with Gasteiger partial charge in [-0.25, -0.2) is 4.68 Å². The highest BCUT2D eigenvalue weighted by Gasteiger charge is 2.62. The standard InChI is InChI=1S/C23H29N3O/c1-21-10-18-11-22(2,14-21)16-23(12-18,15-21)20(27)24-13-17-4-6-19(7-5-17)26-9-3-8-25-26/h3-9,18H,10-16H2,1-2H3,(H,24,27). The summed E-state index contributed by atoms with van der Waals surface area (Å²) in [6.07, 6.45) is 10.9. The molecule has 4 bridgehead atoms. The third-order valence-electron chi connectivity index (χ3n) is 7.27. The summed E-state index contributed by atoms with van der Waals surface area (Å²) in [5, 5.41) is 7.54. The minimum atomic E-state index is -0.127. The lowest BCUT2D eigenvalue weighted by atomic mass is 9.40. The summed E-state index contributed by atoms with van der Waals surface area (Å²) in [7, 11) is 0. The fourth-order valence-corrected chi connectivity index (χ4v) is 7.26. The normalized spacial score (nSPS) is 36.7. The average Bonchev–Trinajstić information content (AvgIpc) is 3.11. The van der Waals surface area contributed by atoms with Gasteiger partial charge >= 0.3 is 0 Å². The van der Waals surface area contributed by atoms with E-state index in [0.29, 0.717) is 23.3 Å². The summed E-state index contributed by atoms with van der Waals surface area (Å²) in [6.45, 7) is 5.45. The molecule has 0 radical (unpaired) electrons. The molecule has 4 saturated carbocycles. The van der Waals surface area contributed by atoms with E-state index in [1.165, 1.54) is 19.3 Å². The second-order valence-corrected chi connectivity index (χ2v) is 10.2. The van der Waals surface area contributed by atoms with Gasteiger partial charge < -0.3 is 5.32 Å². The topological polar surface area (TPSA) is 46.9 Å². The SMILES string of the molecule is CC12CC3CC(C)(C1)CC(C(=O)NCc1ccc(-n4cccn4)cc1)(C3)C2. The van der Waals surface area contributed by atoms with E-state index in [2.05, 4.69) is 48.5 Å². The molecule has 4 aliphatic carbocycles. The van der Waals surface area contributed by atoms with Crippen LogP contribution in [0.2, 0.25) is 0 Å². The summed E-state index contributed by atoms with van der Waals surface area (Å²) in [4.78, 5) is 13.3. The van der Waals surface area contributed by atoms with Gasteiger partial charge in [0.2, 0.25) is 5.91 Å². The Labute approximate surface area is 161 Å². The van der Waals surface area contributed by atoms with Gasteiger partial charge in [-0.05, 0) is 79.0 Å². The molecule has 4 nitrogen and oxygen atoms in total. The first-order valence-electron chi connectivity index (χ1n) is 10.2. The number of benzene rings is 1. The smallest absolute Gasteiger partial charge is 0.226 e. The molecule has 1 aromatic heterocycles. The number of rotatable bonds is 4. The van der Waals surface area contributed by atoms with Crippen LogP contribution in [0.3, 0.4) is 0 Å². The predicted molar refractivity (Wildman–Crippen MR) is 105 cm³/mol. The largest absolute Gasteiger partial charge is 0.352 e. The summed E-state index contributed by atoms with van der Waals surface area (Å²) in [6, 6.07) is 10.2. The molecule has 2 aromatic rings. The molecule has 4 aliphatic rings. The van der Waals surface area contributed by atoms with Crippen molar-refractivity contribution < 1.29 is 4.79 Å². The van der Waals surface area contributed by atoms with Crippen LogP contribution in [0.15, 0.2) is 42.7 Å². The molecule has 1 heterocycles. The third-order valence-corrected chi connectivity index (χ3v) is 7.27. The second kappa shape index (κ2) is 5.70. The van der Waals surface area contributed by atoms with Gasteiger partial charge in [-0.3, -0.25) is 4.79 Å². The maximum Gasteiger partial charge on any atom is 0.226 e. The van der Waals surface area contributed by atoms with E-state index in [1.807, 2.05) is 16.9 Å². The van der Waals surface area contributed by atoms with Crippen LogP contribution in [0.25, 0.3) is 5.69 Å². The van der Waals surface area contributed by atoms with Crippen molar-refractivity contribution >= 4 is 5.91 Å². The van der Waals surface area contributed by atoms with E-state index >= 15 is 0 Å². The van der Waals surface area contributed by atoms with Crippen LogP contribution < -0.4 is 5.32 Å². The van der Waals surface area contributed by atoms with Gasteiger partial charge in [0.05, 0.1) is 11.1 Å². The molecule has 4 heteroatoms. The molecule has 1 N–H and O–H groups in total. The minimum Gasteiger partial charge on any atom is -0.352 e. The van der Waals surface area contributed by atoms with Gasteiger partial charge in [0.1, 0.15) is 0 Å². The zero-order chi connectivity index (χ0) is 18.7. The van der Waals surface area contributed by atoms with E-state index in [4.69, 9.17) is 0 Å². The number of aromatic nitrogens is 2. The average molecular weight is 364 g/mol. The van der Waals surface area contributed by atoms with Crippen molar-refractivity contribution in [2.75, 3.05) is 0 Å². The maximum absolute atomic E-state index is 13.3. The highest BCUT2D eigenvalue weighted by atomic mass is 16.2. The Balaban J connectivity index is 1.28. The van der Waals surface area contributed by atoms with Crippen LogP contribution in [-0.2, 0) is 11.3 Å². The molecule has 0 aliphatic heterocycles. The number of nitrogens with zero attached hydrogens (tertiary/aromatic N) is 2. The van der Waals surface area contributed by atoms with E-state index in [0.717, 1.165) is 36.4 Å². The fraction of sp³-hybridized carbons (Fsp3) is 0.565. The molecule has 0 spiro atoms. The predicted octanol–water partition coefficient (Wildman–Crippen LogP) is 4.49. The zero-order valence-electron chi connectivity index (χ0n) is 16.4. The Morgan fingerprint density at radius 2 is 1.81 bits per heavy atom. The number of carbonyl (C=O) groups excluding carboxylic acids is 1. The van der Waals surface area contributed by atoms with Crippen molar-refractivity contribution in [1.82, 2.24) is 15.1 Å². The van der Waals surface area contributed by atoms with Crippen molar-refractivity contribution in [2.24, 2.45) is 22.2 Å². The number of hydrogen-bond donors (Lipinski definition) is 1. The zero-order valence-corrected chi connectivity index (χ0v) is 16.4. The Kier molecular flexibility index (Phi) is 3.59. The highest BCUT2D eigenvalue weighted by molar-refractivity contribution is 5.83. The Morgan fingerprint density at radius 1 is 1.11 bits per heavy atom. The van der Waals surface area contributed by atoms with E-state index in [-0.39, 0.29) is 5.41 Å². The van der Waals surface area contributed by atoms with Crippen molar-refractivity contribution in [3.05, 3.63) is 48.3 Å². The quantitative estimate of drug-likeness (QED) is 0.870. The van der Waals surface area contributed by atoms with Crippen molar-refractivity contribution in [2.45, 2.75) is 58.9 Å². The van der Waals surface area contributed by atoms with Crippen LogP contribution >= 0.6 is 0 Å². The first-order valence-corrected chi connectivity index (χ1v) is 10.2. The second-order valence-electron chi connectivity index (χ2n) is 10.2. The van der Waals surface area contributed by atoms with Crippen molar-refractivity contribution in [1.29, 1.82) is 0 Å². The number of nitrogens with one attached hydrogen (secondary N) is 1. The number of carbonyl (C=O) groups is 1. The molecule has 27 heavy (non-hydrogen) atoms. The molecule has 142 valence electrons. The monoisotopic (exact) mass is 363 g/mol. The summed E-state index contributed by atoms with van der Waals surface area (Å²) < 4.78 is 1.85. The molecule has 0 saturated heterocycles. The van der Waals surface area contributed by atoms with Crippen LogP contribution in [0.4, 0.5) is 0 Å². The summed E-state index contributed by atoms with van der Waals surface area (Å²) >= 11 is 0. The highest BCUT2D eigenvalue weighted by Crippen LogP contribution is 2.69. The molecule has 2 unspecified atom stereocenters. The third kappa shape index (κ3) is 2.90. The van der Waals surface area contributed by atoms with Gasteiger partial charge in [-0.1, -0.05) is 26.0 Å². The van der Waals surface area contributed by atoms with Gasteiger partial charge in [0, 0.05) is 18.9 Å². The maximum atomic E-state index is 13.3. The lowest BCUT2D eigenvalue weighted by Crippen LogP contribution is -2.59. The molecular weight excluding hydrogens is 334 g/mol. The van der Waals surface area contributed by atoms with E-state index < -0.39 is 0 Å². The number of hydrogen-bond acceptors (Lipinski definition) is 2. The molecule has 6 rings (SSSR count). The summed E-state index contributed by atoms with van der Waals surface area (Å²) in [5.41, 5.74) is 2.80. The number of amides is 1. The molecule has 1 aromatic carbocycles. The van der Waals surface area contributed by atoms with Gasteiger partial charge in [0.25, 0.3) is 0 Å². The van der Waals surface area contributed by atoms with Crippen LogP contribution in [0, 0.1) is 22.2 Å². The van der Waals surface area contributed by atoms with E-state index in [9.17, 15) is 4.79 Å². The summed E-state index contributed by atoms with van der Waals surface area (Å²) in [5.74, 6) is 1.04. The van der Waals surface area contributed by atoms with Crippen LogP contribution in [-0.4, -0.2) is 15.7 Å². The molecule has 2 atom stereocenters. The first-order chi connectivity index (χ1) is 12.9. The van der Waals surface area contributed by atoms with E-state index in [1.54, 1.807) is 6.20 Å². The minimum absolute atomic E-state index is 0.127. The molecule has 4 fully saturated rings.